The molecular formula is C28H20Cl2O4. The monoisotopic (exact) mass is 490 g/mol. The number of rotatable bonds is 6. The average Bonchev–Trinajstić information content (AvgIpc) is 3.24. The van der Waals surface area contributed by atoms with E-state index in [9.17, 15) is 4.79 Å². The van der Waals surface area contributed by atoms with Crippen molar-refractivity contribution in [3.63, 3.8) is 0 Å². The molecule has 0 N–H and O–H groups in total. The fraction of sp³-hybridized carbons (Fsp3) is 0.107. The highest BCUT2D eigenvalue weighted by Crippen LogP contribution is 2.41. The summed E-state index contributed by atoms with van der Waals surface area (Å²) in [6.45, 7) is 0. The van der Waals surface area contributed by atoms with E-state index in [0.717, 1.165) is 38.6 Å². The minimum Gasteiger partial charge on any atom is -0.475 e. The zero-order valence-corrected chi connectivity index (χ0v) is 19.8. The van der Waals surface area contributed by atoms with Crippen LogP contribution in [0.1, 0.15) is 5.56 Å². The van der Waals surface area contributed by atoms with Crippen LogP contribution in [-0.2, 0) is 16.0 Å². The fourth-order valence-electron chi connectivity index (χ4n) is 4.08. The number of esters is 1. The van der Waals surface area contributed by atoms with Crippen LogP contribution < -0.4 is 4.74 Å². The molecule has 4 aromatic carbocycles. The minimum absolute atomic E-state index is 0.232. The Labute approximate surface area is 206 Å². The molecule has 0 fully saturated rings. The summed E-state index contributed by atoms with van der Waals surface area (Å²) in [6.07, 6.45) is -0.577. The first-order valence-electron chi connectivity index (χ1n) is 10.7. The van der Waals surface area contributed by atoms with Gasteiger partial charge in [-0.25, -0.2) is 4.79 Å². The maximum Gasteiger partial charge on any atom is 0.347 e. The molecule has 1 heterocycles. The predicted octanol–water partition coefficient (Wildman–Crippen LogP) is 7.72. The van der Waals surface area contributed by atoms with Crippen molar-refractivity contribution in [1.82, 2.24) is 0 Å². The highest BCUT2D eigenvalue weighted by atomic mass is 35.5. The average molecular weight is 491 g/mol. The van der Waals surface area contributed by atoms with Crippen LogP contribution in [0.15, 0.2) is 89.3 Å². The second kappa shape index (κ2) is 9.41. The molecule has 170 valence electrons. The maximum atomic E-state index is 12.4. The van der Waals surface area contributed by atoms with E-state index in [1.54, 1.807) is 12.1 Å². The van der Waals surface area contributed by atoms with Gasteiger partial charge in [-0.2, -0.15) is 0 Å². The van der Waals surface area contributed by atoms with Crippen LogP contribution in [0.4, 0.5) is 0 Å². The molecule has 0 spiro atoms. The van der Waals surface area contributed by atoms with Gasteiger partial charge in [0.2, 0.25) is 0 Å². The fourth-order valence-corrected chi connectivity index (χ4v) is 4.65. The third-order valence-corrected chi connectivity index (χ3v) is 6.26. The molecule has 0 radical (unpaired) electrons. The van der Waals surface area contributed by atoms with Gasteiger partial charge in [0.1, 0.15) is 11.2 Å². The molecule has 6 heteroatoms. The Kier molecular flexibility index (Phi) is 6.18. The number of benzene rings is 4. The molecule has 0 aliphatic carbocycles. The first kappa shape index (κ1) is 22.3. The lowest BCUT2D eigenvalue weighted by molar-refractivity contribution is -0.148. The molecule has 34 heavy (non-hydrogen) atoms. The van der Waals surface area contributed by atoms with E-state index in [4.69, 9.17) is 37.1 Å². The third-order valence-electron chi connectivity index (χ3n) is 5.70. The van der Waals surface area contributed by atoms with Crippen molar-refractivity contribution >= 4 is 51.1 Å². The summed E-state index contributed by atoms with van der Waals surface area (Å²) in [4.78, 5) is 12.4. The number of halogens is 2. The Morgan fingerprint density at radius 1 is 0.882 bits per heavy atom. The van der Waals surface area contributed by atoms with Gasteiger partial charge >= 0.3 is 5.97 Å². The number of hydrogen-bond acceptors (Lipinski definition) is 4. The number of methoxy groups -OCH3 is 1. The van der Waals surface area contributed by atoms with Crippen molar-refractivity contribution in [3.8, 4) is 16.9 Å². The molecule has 0 saturated heterocycles. The Bertz CT molecular complexity index is 1470. The second-order valence-electron chi connectivity index (χ2n) is 7.87. The normalized spacial score (nSPS) is 12.1. The summed E-state index contributed by atoms with van der Waals surface area (Å²) in [6, 6.07) is 26.9. The second-order valence-corrected chi connectivity index (χ2v) is 8.68. The smallest absolute Gasteiger partial charge is 0.347 e. The zero-order valence-electron chi connectivity index (χ0n) is 18.3. The van der Waals surface area contributed by atoms with Gasteiger partial charge in [0.15, 0.2) is 11.9 Å². The molecule has 0 aliphatic rings. The van der Waals surface area contributed by atoms with Gasteiger partial charge in [-0.15, -0.1) is 0 Å². The minimum atomic E-state index is -0.896. The molecule has 1 aromatic heterocycles. The predicted molar refractivity (Wildman–Crippen MR) is 136 cm³/mol. The molecule has 4 nitrogen and oxygen atoms in total. The molecule has 5 rings (SSSR count). The van der Waals surface area contributed by atoms with E-state index < -0.39 is 12.1 Å². The summed E-state index contributed by atoms with van der Waals surface area (Å²) >= 11 is 13.2. The zero-order chi connectivity index (χ0) is 23.7. The van der Waals surface area contributed by atoms with E-state index in [1.165, 1.54) is 7.11 Å². The first-order valence-corrected chi connectivity index (χ1v) is 11.5. The quantitative estimate of drug-likeness (QED) is 0.228. The van der Waals surface area contributed by atoms with E-state index in [2.05, 4.69) is 0 Å². The van der Waals surface area contributed by atoms with E-state index in [1.807, 2.05) is 72.8 Å². The first-order chi connectivity index (χ1) is 16.5. The standard InChI is InChI=1S/C28H20Cl2O4/c1-32-28(31)25(14-17-8-3-2-4-9-17)34-27-22(29)15-18(16-23(27)30)19-11-7-12-21-20-10-5-6-13-24(20)33-26(19)21/h2-13,15-16,25H,14H2,1H3/t25-/m1/s1. The summed E-state index contributed by atoms with van der Waals surface area (Å²) in [7, 11) is 1.32. The topological polar surface area (TPSA) is 48.7 Å². The lowest BCUT2D eigenvalue weighted by Crippen LogP contribution is -2.31. The Hall–Kier alpha value is -3.47. The van der Waals surface area contributed by atoms with E-state index in [-0.39, 0.29) is 15.8 Å². The number of para-hydroxylation sites is 2. The van der Waals surface area contributed by atoms with Crippen molar-refractivity contribution in [3.05, 3.63) is 101 Å². The van der Waals surface area contributed by atoms with Crippen LogP contribution in [-0.4, -0.2) is 19.2 Å². The van der Waals surface area contributed by atoms with Gasteiger partial charge in [0.05, 0.1) is 17.2 Å². The Morgan fingerprint density at radius 3 is 2.29 bits per heavy atom. The van der Waals surface area contributed by atoms with Crippen molar-refractivity contribution in [2.24, 2.45) is 0 Å². The van der Waals surface area contributed by atoms with Crippen LogP contribution in [0.3, 0.4) is 0 Å². The van der Waals surface area contributed by atoms with Crippen LogP contribution >= 0.6 is 23.2 Å². The van der Waals surface area contributed by atoms with E-state index >= 15 is 0 Å². The molecular weight excluding hydrogens is 471 g/mol. The highest BCUT2D eigenvalue weighted by Gasteiger charge is 2.25. The van der Waals surface area contributed by atoms with Crippen LogP contribution in [0.2, 0.25) is 10.0 Å². The van der Waals surface area contributed by atoms with Crippen LogP contribution in [0.25, 0.3) is 33.1 Å². The molecule has 0 unspecified atom stereocenters. The van der Waals surface area contributed by atoms with Crippen LogP contribution in [0.5, 0.6) is 5.75 Å². The number of carbonyl (C=O) groups excluding carboxylic acids is 1. The van der Waals surface area contributed by atoms with Crippen molar-refractivity contribution in [2.75, 3.05) is 7.11 Å². The molecule has 0 aliphatic heterocycles. The molecule has 1 atom stereocenters. The largest absolute Gasteiger partial charge is 0.475 e. The number of furan rings is 1. The number of fused-ring (bicyclic) bond motifs is 3. The van der Waals surface area contributed by atoms with Gasteiger partial charge in [-0.3, -0.25) is 0 Å². The summed E-state index contributed by atoms with van der Waals surface area (Å²) < 4.78 is 17.1. The van der Waals surface area contributed by atoms with Gasteiger partial charge in [0.25, 0.3) is 0 Å². The van der Waals surface area contributed by atoms with Crippen LogP contribution in [0, 0.1) is 0 Å². The number of carbonyl (C=O) groups is 1. The van der Waals surface area contributed by atoms with E-state index in [0.29, 0.717) is 6.42 Å². The SMILES string of the molecule is COC(=O)[C@@H](Cc1ccccc1)Oc1c(Cl)cc(-c2cccc3c2oc2ccccc23)cc1Cl. The van der Waals surface area contributed by atoms with Gasteiger partial charge in [-0.05, 0) is 29.3 Å². The number of ether oxygens (including phenoxy) is 2. The van der Waals surface area contributed by atoms with Crippen molar-refractivity contribution < 1.29 is 18.7 Å². The maximum absolute atomic E-state index is 12.4. The van der Waals surface area contributed by atoms with Crippen molar-refractivity contribution in [2.45, 2.75) is 12.5 Å². The molecule has 0 saturated carbocycles. The Morgan fingerprint density at radius 2 is 1.56 bits per heavy atom. The molecule has 5 aromatic rings. The number of hydrogen-bond donors (Lipinski definition) is 0. The van der Waals surface area contributed by atoms with Gasteiger partial charge < -0.3 is 13.9 Å². The summed E-state index contributed by atoms with van der Waals surface area (Å²) in [5.41, 5.74) is 4.13. The summed E-state index contributed by atoms with van der Waals surface area (Å²) in [5, 5.41) is 2.63. The van der Waals surface area contributed by atoms with Gasteiger partial charge in [0, 0.05) is 22.8 Å². The summed E-state index contributed by atoms with van der Waals surface area (Å²) in [5.74, 6) is -0.276. The highest BCUT2D eigenvalue weighted by molar-refractivity contribution is 6.37. The molecule has 0 amide bonds. The third kappa shape index (κ3) is 4.23. The molecule has 0 bridgehead atoms. The lowest BCUT2D eigenvalue weighted by Gasteiger charge is -2.19. The lowest BCUT2D eigenvalue weighted by atomic mass is 10.0. The van der Waals surface area contributed by atoms with Crippen molar-refractivity contribution in [1.29, 1.82) is 0 Å². The Balaban J connectivity index is 1.52. The van der Waals surface area contributed by atoms with Gasteiger partial charge in [-0.1, -0.05) is 89.9 Å².